The van der Waals surface area contributed by atoms with E-state index in [1.165, 1.54) is 0 Å². The van der Waals surface area contributed by atoms with E-state index in [-0.39, 0.29) is 24.5 Å². The molecule has 0 aromatic heterocycles. The van der Waals surface area contributed by atoms with Crippen molar-refractivity contribution in [3.63, 3.8) is 0 Å². The lowest BCUT2D eigenvalue weighted by Gasteiger charge is -2.31. The van der Waals surface area contributed by atoms with E-state index in [1.54, 1.807) is 18.2 Å². The lowest BCUT2D eigenvalue weighted by atomic mass is 9.85. The van der Waals surface area contributed by atoms with Crippen molar-refractivity contribution in [3.05, 3.63) is 28.8 Å². The summed E-state index contributed by atoms with van der Waals surface area (Å²) in [5.41, 5.74) is 6.50. The van der Waals surface area contributed by atoms with Gasteiger partial charge in [0.15, 0.2) is 0 Å². The Labute approximate surface area is 117 Å². The number of aliphatic hydroxyl groups excluding tert-OH is 1. The molecule has 5 heteroatoms. The number of carbonyl (C=O) groups is 1. The zero-order valence-corrected chi connectivity index (χ0v) is 11.5. The lowest BCUT2D eigenvalue weighted by molar-refractivity contribution is 0.0873. The SMILES string of the molecule is Nc1cccc(Cl)c1C(=O)NC1CCCCC1CO. The molecule has 2 unspecified atom stereocenters. The number of nitrogens with one attached hydrogen (secondary N) is 1. The van der Waals surface area contributed by atoms with Gasteiger partial charge in [-0.2, -0.15) is 0 Å². The molecule has 0 heterocycles. The summed E-state index contributed by atoms with van der Waals surface area (Å²) in [6, 6.07) is 5.02. The molecule has 19 heavy (non-hydrogen) atoms. The molecule has 2 atom stereocenters. The van der Waals surface area contributed by atoms with Crippen molar-refractivity contribution >= 4 is 23.2 Å². The van der Waals surface area contributed by atoms with Gasteiger partial charge in [-0.25, -0.2) is 0 Å². The van der Waals surface area contributed by atoms with Crippen LogP contribution >= 0.6 is 11.6 Å². The van der Waals surface area contributed by atoms with Crippen LogP contribution in [0, 0.1) is 5.92 Å². The molecule has 1 aromatic rings. The summed E-state index contributed by atoms with van der Waals surface area (Å²) in [4.78, 5) is 12.3. The minimum atomic E-state index is -0.256. The molecule has 0 spiro atoms. The largest absolute Gasteiger partial charge is 0.398 e. The molecular formula is C14H19ClN2O2. The van der Waals surface area contributed by atoms with Crippen molar-refractivity contribution < 1.29 is 9.90 Å². The highest BCUT2D eigenvalue weighted by molar-refractivity contribution is 6.34. The molecule has 0 aliphatic heterocycles. The predicted molar refractivity (Wildman–Crippen MR) is 76.2 cm³/mol. The van der Waals surface area contributed by atoms with Crippen molar-refractivity contribution in [1.29, 1.82) is 0 Å². The van der Waals surface area contributed by atoms with Crippen LogP contribution in [0.3, 0.4) is 0 Å². The molecular weight excluding hydrogens is 264 g/mol. The van der Waals surface area contributed by atoms with Crippen molar-refractivity contribution in [2.24, 2.45) is 5.92 Å². The number of aliphatic hydroxyl groups is 1. The van der Waals surface area contributed by atoms with Gasteiger partial charge in [-0.15, -0.1) is 0 Å². The molecule has 1 aliphatic carbocycles. The molecule has 1 saturated carbocycles. The second-order valence-electron chi connectivity index (χ2n) is 5.01. The zero-order valence-electron chi connectivity index (χ0n) is 10.7. The van der Waals surface area contributed by atoms with Gasteiger partial charge in [-0.05, 0) is 25.0 Å². The predicted octanol–water partition coefficient (Wildman–Crippen LogP) is 2.20. The first-order chi connectivity index (χ1) is 9.13. The number of hydrogen-bond donors (Lipinski definition) is 3. The van der Waals surface area contributed by atoms with Crippen molar-refractivity contribution in [2.45, 2.75) is 31.7 Å². The Balaban J connectivity index is 2.12. The van der Waals surface area contributed by atoms with Crippen LogP contribution in [-0.4, -0.2) is 23.7 Å². The van der Waals surface area contributed by atoms with E-state index in [9.17, 15) is 9.90 Å². The van der Waals surface area contributed by atoms with Crippen LogP contribution in [0.5, 0.6) is 0 Å². The van der Waals surface area contributed by atoms with E-state index in [1.807, 2.05) is 0 Å². The molecule has 0 bridgehead atoms. The van der Waals surface area contributed by atoms with Crippen molar-refractivity contribution in [1.82, 2.24) is 5.32 Å². The zero-order chi connectivity index (χ0) is 13.8. The third-order valence-electron chi connectivity index (χ3n) is 3.73. The highest BCUT2D eigenvalue weighted by Gasteiger charge is 2.27. The van der Waals surface area contributed by atoms with Gasteiger partial charge in [-0.1, -0.05) is 30.5 Å². The summed E-state index contributed by atoms with van der Waals surface area (Å²) in [5, 5.41) is 12.7. The van der Waals surface area contributed by atoms with Crippen LogP contribution in [0.4, 0.5) is 5.69 Å². The molecule has 104 valence electrons. The van der Waals surface area contributed by atoms with Crippen LogP contribution < -0.4 is 11.1 Å². The Morgan fingerprint density at radius 2 is 2.16 bits per heavy atom. The van der Waals surface area contributed by atoms with Gasteiger partial charge in [0, 0.05) is 24.3 Å². The summed E-state index contributed by atoms with van der Waals surface area (Å²) in [5.74, 6) is -0.130. The van der Waals surface area contributed by atoms with Gasteiger partial charge in [-0.3, -0.25) is 4.79 Å². The molecule has 0 saturated heterocycles. The van der Waals surface area contributed by atoms with Crippen molar-refractivity contribution in [2.75, 3.05) is 12.3 Å². The van der Waals surface area contributed by atoms with E-state index < -0.39 is 0 Å². The summed E-state index contributed by atoms with van der Waals surface area (Å²) in [7, 11) is 0. The topological polar surface area (TPSA) is 75.4 Å². The van der Waals surface area contributed by atoms with Crippen LogP contribution in [0.1, 0.15) is 36.0 Å². The fourth-order valence-corrected chi connectivity index (χ4v) is 2.90. The average molecular weight is 283 g/mol. The quantitative estimate of drug-likeness (QED) is 0.744. The third kappa shape index (κ3) is 3.19. The number of rotatable bonds is 3. The van der Waals surface area contributed by atoms with E-state index in [0.29, 0.717) is 16.3 Å². The average Bonchev–Trinajstić information content (AvgIpc) is 2.39. The number of nitrogens with two attached hydrogens (primary N) is 1. The molecule has 4 nitrogen and oxygen atoms in total. The minimum absolute atomic E-state index is 0.00178. The second kappa shape index (κ2) is 6.26. The van der Waals surface area contributed by atoms with Crippen LogP contribution in [0.2, 0.25) is 5.02 Å². The Morgan fingerprint density at radius 3 is 2.84 bits per heavy atom. The Kier molecular flexibility index (Phi) is 4.66. The molecule has 2 rings (SSSR count). The highest BCUT2D eigenvalue weighted by Crippen LogP contribution is 2.26. The fourth-order valence-electron chi connectivity index (χ4n) is 2.64. The first-order valence-electron chi connectivity index (χ1n) is 6.59. The summed E-state index contributed by atoms with van der Waals surface area (Å²) < 4.78 is 0. The minimum Gasteiger partial charge on any atom is -0.398 e. The van der Waals surface area contributed by atoms with Gasteiger partial charge in [0.25, 0.3) is 5.91 Å². The van der Waals surface area contributed by atoms with Gasteiger partial charge in [0.05, 0.1) is 10.6 Å². The van der Waals surface area contributed by atoms with E-state index in [2.05, 4.69) is 5.32 Å². The van der Waals surface area contributed by atoms with Crippen LogP contribution in [0.15, 0.2) is 18.2 Å². The van der Waals surface area contributed by atoms with Crippen LogP contribution in [-0.2, 0) is 0 Å². The van der Waals surface area contributed by atoms with Gasteiger partial charge in [0.2, 0.25) is 0 Å². The van der Waals surface area contributed by atoms with Crippen molar-refractivity contribution in [3.8, 4) is 0 Å². The smallest absolute Gasteiger partial charge is 0.255 e. The standard InChI is InChI=1S/C14H19ClN2O2/c15-10-5-3-6-11(16)13(10)14(19)17-12-7-2-1-4-9(12)8-18/h3,5-6,9,12,18H,1-2,4,7-8,16H2,(H,17,19). The molecule has 4 N–H and O–H groups in total. The van der Waals surface area contributed by atoms with Crippen LogP contribution in [0.25, 0.3) is 0 Å². The number of halogens is 1. The maximum absolute atomic E-state index is 12.3. The molecule has 0 radical (unpaired) electrons. The summed E-state index contributed by atoms with van der Waals surface area (Å²) in [6.45, 7) is 0.100. The normalized spacial score (nSPS) is 23.1. The second-order valence-corrected chi connectivity index (χ2v) is 5.42. The first kappa shape index (κ1) is 14.2. The molecule has 1 aliphatic rings. The number of hydrogen-bond acceptors (Lipinski definition) is 3. The maximum atomic E-state index is 12.3. The van der Waals surface area contributed by atoms with E-state index >= 15 is 0 Å². The Morgan fingerprint density at radius 1 is 1.42 bits per heavy atom. The maximum Gasteiger partial charge on any atom is 0.255 e. The fraction of sp³-hybridized carbons (Fsp3) is 0.500. The number of nitrogen functional groups attached to an aromatic ring is 1. The van der Waals surface area contributed by atoms with Gasteiger partial charge in [0.1, 0.15) is 0 Å². The van der Waals surface area contributed by atoms with E-state index in [0.717, 1.165) is 25.7 Å². The number of carbonyl (C=O) groups excluding carboxylic acids is 1. The molecule has 1 aromatic carbocycles. The number of benzene rings is 1. The Hall–Kier alpha value is -1.26. The first-order valence-corrected chi connectivity index (χ1v) is 6.97. The highest BCUT2D eigenvalue weighted by atomic mass is 35.5. The monoisotopic (exact) mass is 282 g/mol. The number of anilines is 1. The summed E-state index contributed by atoms with van der Waals surface area (Å²) >= 11 is 6.02. The number of amides is 1. The lowest BCUT2D eigenvalue weighted by Crippen LogP contribution is -2.43. The summed E-state index contributed by atoms with van der Waals surface area (Å²) in [6.07, 6.45) is 4.01. The van der Waals surface area contributed by atoms with E-state index in [4.69, 9.17) is 17.3 Å². The Bertz CT molecular complexity index is 445. The molecule has 1 amide bonds. The van der Waals surface area contributed by atoms with Gasteiger partial charge < -0.3 is 16.2 Å². The molecule has 1 fully saturated rings. The third-order valence-corrected chi connectivity index (χ3v) is 4.05. The van der Waals surface area contributed by atoms with Gasteiger partial charge >= 0.3 is 0 Å².